The van der Waals surface area contributed by atoms with Gasteiger partial charge in [-0.1, -0.05) is 24.3 Å². The van der Waals surface area contributed by atoms with E-state index in [0.29, 0.717) is 25.7 Å². The molecular formula is C18H22O7. The van der Waals surface area contributed by atoms with E-state index in [0.717, 1.165) is 0 Å². The van der Waals surface area contributed by atoms with Crippen molar-refractivity contribution in [2.75, 3.05) is 0 Å². The lowest BCUT2D eigenvalue weighted by atomic mass is 9.74. The van der Waals surface area contributed by atoms with Crippen LogP contribution in [-0.2, 0) is 23.9 Å². The van der Waals surface area contributed by atoms with Gasteiger partial charge in [0.1, 0.15) is 0 Å². The Morgan fingerprint density at radius 2 is 1.16 bits per heavy atom. The number of aliphatic carboxylic acids is 2. The highest BCUT2D eigenvalue weighted by Crippen LogP contribution is 2.38. The number of allylic oxidation sites excluding steroid dienone is 4. The Hall–Kier alpha value is -2.44. The summed E-state index contributed by atoms with van der Waals surface area (Å²) in [5.74, 6) is -4.04. The molecule has 0 amide bonds. The molecule has 0 aromatic heterocycles. The number of ether oxygens (including phenoxy) is 1. The highest BCUT2D eigenvalue weighted by atomic mass is 16.6. The summed E-state index contributed by atoms with van der Waals surface area (Å²) in [5.41, 5.74) is -2.52. The summed E-state index contributed by atoms with van der Waals surface area (Å²) in [6.07, 6.45) is 8.40. The smallest absolute Gasteiger partial charge is 0.314 e. The Bertz CT molecular complexity index is 579. The van der Waals surface area contributed by atoms with Crippen molar-refractivity contribution in [1.29, 1.82) is 0 Å². The summed E-state index contributed by atoms with van der Waals surface area (Å²) >= 11 is 0. The molecule has 0 spiro atoms. The molecule has 2 N–H and O–H groups in total. The predicted octanol–water partition coefficient (Wildman–Crippen LogP) is 2.46. The maximum Gasteiger partial charge on any atom is 0.314 e. The van der Waals surface area contributed by atoms with Crippen molar-refractivity contribution >= 4 is 23.9 Å². The second-order valence-corrected chi connectivity index (χ2v) is 6.80. The average molecular weight is 350 g/mol. The summed E-state index contributed by atoms with van der Waals surface area (Å²) < 4.78 is 4.75. The fraction of sp³-hybridized carbons (Fsp3) is 0.556. The van der Waals surface area contributed by atoms with Gasteiger partial charge < -0.3 is 14.9 Å². The molecule has 0 radical (unpaired) electrons. The lowest BCUT2D eigenvalue weighted by Crippen LogP contribution is -2.37. The van der Waals surface area contributed by atoms with Crippen LogP contribution in [0.15, 0.2) is 24.3 Å². The van der Waals surface area contributed by atoms with Crippen LogP contribution >= 0.6 is 0 Å². The van der Waals surface area contributed by atoms with Gasteiger partial charge in [-0.3, -0.25) is 19.2 Å². The third-order valence-corrected chi connectivity index (χ3v) is 5.03. The van der Waals surface area contributed by atoms with Crippen LogP contribution in [-0.4, -0.2) is 34.1 Å². The zero-order valence-corrected chi connectivity index (χ0v) is 13.9. The van der Waals surface area contributed by atoms with Gasteiger partial charge in [-0.05, 0) is 38.5 Å². The Labute approximate surface area is 145 Å². The fourth-order valence-electron chi connectivity index (χ4n) is 3.39. The molecule has 0 bridgehead atoms. The van der Waals surface area contributed by atoms with Crippen LogP contribution in [0.25, 0.3) is 0 Å². The van der Waals surface area contributed by atoms with E-state index >= 15 is 0 Å². The van der Waals surface area contributed by atoms with E-state index in [9.17, 15) is 29.4 Å². The number of hydrogen-bond acceptors (Lipinski definition) is 5. The largest absolute Gasteiger partial charge is 0.481 e. The number of hydrogen-bond donors (Lipinski definition) is 2. The van der Waals surface area contributed by atoms with E-state index in [4.69, 9.17) is 4.74 Å². The minimum Gasteiger partial charge on any atom is -0.481 e. The van der Waals surface area contributed by atoms with Gasteiger partial charge in [-0.15, -0.1) is 0 Å². The molecule has 0 saturated carbocycles. The predicted molar refractivity (Wildman–Crippen MR) is 86.5 cm³/mol. The molecule has 25 heavy (non-hydrogen) atoms. The first-order valence-corrected chi connectivity index (χ1v) is 8.30. The highest BCUT2D eigenvalue weighted by molar-refractivity contribution is 5.91. The SMILES string of the molecule is O=C(CC1(C(=O)O)CC=CCC1)OC(=O)CC1(C(=O)O)CC=CCC1. The first kappa shape index (κ1) is 18.9. The normalized spacial score (nSPS) is 28.3. The molecule has 7 heteroatoms. The molecule has 2 rings (SSSR count). The fourth-order valence-corrected chi connectivity index (χ4v) is 3.39. The van der Waals surface area contributed by atoms with Crippen molar-refractivity contribution < 1.29 is 34.1 Å². The van der Waals surface area contributed by atoms with E-state index in [1.165, 1.54) is 0 Å². The molecule has 7 nitrogen and oxygen atoms in total. The average Bonchev–Trinajstić information content (AvgIpc) is 2.55. The van der Waals surface area contributed by atoms with Gasteiger partial charge in [-0.25, -0.2) is 0 Å². The van der Waals surface area contributed by atoms with E-state index in [-0.39, 0.29) is 12.8 Å². The van der Waals surface area contributed by atoms with E-state index < -0.39 is 47.5 Å². The Balaban J connectivity index is 1.98. The first-order chi connectivity index (χ1) is 11.8. The molecule has 0 heterocycles. The molecule has 2 aliphatic carbocycles. The Morgan fingerprint density at radius 3 is 1.44 bits per heavy atom. The van der Waals surface area contributed by atoms with Crippen molar-refractivity contribution in [3.8, 4) is 0 Å². The van der Waals surface area contributed by atoms with E-state index in [1.807, 2.05) is 12.2 Å². The molecule has 2 atom stereocenters. The summed E-state index contributed by atoms with van der Waals surface area (Å²) in [4.78, 5) is 47.2. The quantitative estimate of drug-likeness (QED) is 0.429. The summed E-state index contributed by atoms with van der Waals surface area (Å²) in [6, 6.07) is 0. The van der Waals surface area contributed by atoms with Crippen molar-refractivity contribution in [2.24, 2.45) is 10.8 Å². The highest BCUT2D eigenvalue weighted by Gasteiger charge is 2.43. The van der Waals surface area contributed by atoms with Crippen molar-refractivity contribution in [3.05, 3.63) is 24.3 Å². The van der Waals surface area contributed by atoms with Gasteiger partial charge in [0, 0.05) is 0 Å². The summed E-state index contributed by atoms with van der Waals surface area (Å²) in [7, 11) is 0. The number of esters is 2. The van der Waals surface area contributed by atoms with Crippen LogP contribution in [0.3, 0.4) is 0 Å². The lowest BCUT2D eigenvalue weighted by molar-refractivity contribution is -0.170. The van der Waals surface area contributed by atoms with Crippen LogP contribution in [0.4, 0.5) is 0 Å². The molecule has 2 unspecified atom stereocenters. The third-order valence-electron chi connectivity index (χ3n) is 5.03. The van der Waals surface area contributed by atoms with Gasteiger partial charge in [0.25, 0.3) is 0 Å². The molecule has 0 aromatic carbocycles. The monoisotopic (exact) mass is 350 g/mol. The van der Waals surface area contributed by atoms with Gasteiger partial charge >= 0.3 is 23.9 Å². The van der Waals surface area contributed by atoms with Crippen LogP contribution in [0.2, 0.25) is 0 Å². The van der Waals surface area contributed by atoms with Gasteiger partial charge in [0.05, 0.1) is 23.7 Å². The van der Waals surface area contributed by atoms with Crippen LogP contribution in [0, 0.1) is 10.8 Å². The number of carbonyl (C=O) groups is 4. The third kappa shape index (κ3) is 4.35. The minimum absolute atomic E-state index is 0.204. The molecular weight excluding hydrogens is 328 g/mol. The molecule has 0 saturated heterocycles. The van der Waals surface area contributed by atoms with Crippen LogP contribution in [0.1, 0.15) is 51.4 Å². The molecule has 0 aliphatic heterocycles. The maximum absolute atomic E-state index is 12.1. The van der Waals surface area contributed by atoms with E-state index in [2.05, 4.69) is 0 Å². The lowest BCUT2D eigenvalue weighted by Gasteiger charge is -2.30. The zero-order valence-electron chi connectivity index (χ0n) is 13.9. The first-order valence-electron chi connectivity index (χ1n) is 8.30. The molecule has 2 aliphatic rings. The maximum atomic E-state index is 12.1. The number of rotatable bonds is 6. The number of carboxylic acids is 2. The van der Waals surface area contributed by atoms with Crippen molar-refractivity contribution in [2.45, 2.75) is 51.4 Å². The second kappa shape index (κ2) is 7.63. The number of carboxylic acid groups (broad SMARTS) is 2. The number of carbonyl (C=O) groups excluding carboxylic acids is 2. The topological polar surface area (TPSA) is 118 Å². The van der Waals surface area contributed by atoms with E-state index in [1.54, 1.807) is 12.2 Å². The van der Waals surface area contributed by atoms with Crippen molar-refractivity contribution in [1.82, 2.24) is 0 Å². The zero-order chi connectivity index (χ0) is 18.5. The summed E-state index contributed by atoms with van der Waals surface area (Å²) in [6.45, 7) is 0. The van der Waals surface area contributed by atoms with Crippen LogP contribution < -0.4 is 0 Å². The van der Waals surface area contributed by atoms with Crippen LogP contribution in [0.5, 0.6) is 0 Å². The Morgan fingerprint density at radius 1 is 0.760 bits per heavy atom. The minimum atomic E-state index is -1.26. The molecule has 136 valence electrons. The van der Waals surface area contributed by atoms with Gasteiger partial charge in [0.15, 0.2) is 0 Å². The molecule has 0 fully saturated rings. The Kier molecular flexibility index (Phi) is 5.77. The molecule has 0 aromatic rings. The second-order valence-electron chi connectivity index (χ2n) is 6.80. The van der Waals surface area contributed by atoms with Gasteiger partial charge in [-0.2, -0.15) is 0 Å². The van der Waals surface area contributed by atoms with Crippen molar-refractivity contribution in [3.63, 3.8) is 0 Å². The van der Waals surface area contributed by atoms with Gasteiger partial charge in [0.2, 0.25) is 0 Å². The summed E-state index contributed by atoms with van der Waals surface area (Å²) in [5, 5.41) is 18.9. The standard InChI is InChI=1S/C18H22O7/c19-13(11-17(15(21)22)7-3-1-4-8-17)25-14(20)12-18(16(23)24)9-5-2-6-10-18/h1-3,5H,4,6-12H2,(H,21,22)(H,23,24).